The second kappa shape index (κ2) is 6.75. The van der Waals surface area contributed by atoms with E-state index in [1.165, 1.54) is 41.8 Å². The van der Waals surface area contributed by atoms with E-state index in [-0.39, 0.29) is 0 Å². The van der Waals surface area contributed by atoms with Crippen molar-refractivity contribution in [3.63, 3.8) is 0 Å². The lowest BCUT2D eigenvalue weighted by molar-refractivity contribution is 0.564. The Morgan fingerprint density at radius 2 is 2.24 bits per heavy atom. The van der Waals surface area contributed by atoms with Gasteiger partial charge in [-0.3, -0.25) is 5.10 Å². The summed E-state index contributed by atoms with van der Waals surface area (Å²) in [5, 5.41) is 10.7. The zero-order chi connectivity index (χ0) is 14.7. The molecule has 1 unspecified atom stereocenters. The van der Waals surface area contributed by atoms with E-state index in [0.29, 0.717) is 6.04 Å². The zero-order valence-electron chi connectivity index (χ0n) is 13.0. The molecule has 1 aliphatic carbocycles. The molecule has 0 aliphatic heterocycles. The van der Waals surface area contributed by atoms with E-state index in [4.69, 9.17) is 0 Å². The fraction of sp³-hybridized carbons (Fsp3) is 0.588. The second-order valence-corrected chi connectivity index (χ2v) is 7.27. The van der Waals surface area contributed by atoms with Gasteiger partial charge in [-0.25, -0.2) is 0 Å². The van der Waals surface area contributed by atoms with Crippen LogP contribution >= 0.6 is 11.3 Å². The maximum Gasteiger partial charge on any atom is 0.0522 e. The largest absolute Gasteiger partial charge is 0.309 e. The number of aryl methyl sites for hydroxylation is 4. The topological polar surface area (TPSA) is 40.7 Å². The van der Waals surface area contributed by atoms with Gasteiger partial charge < -0.3 is 5.32 Å². The van der Waals surface area contributed by atoms with Crippen molar-refractivity contribution in [2.24, 2.45) is 0 Å². The van der Waals surface area contributed by atoms with Crippen molar-refractivity contribution >= 4 is 11.3 Å². The summed E-state index contributed by atoms with van der Waals surface area (Å²) in [7, 11) is 0. The van der Waals surface area contributed by atoms with Crippen LogP contribution in [0.5, 0.6) is 0 Å². The van der Waals surface area contributed by atoms with E-state index >= 15 is 0 Å². The average molecular weight is 303 g/mol. The fourth-order valence-corrected chi connectivity index (χ4v) is 4.34. The highest BCUT2D eigenvalue weighted by Crippen LogP contribution is 2.32. The number of hydrogen-bond acceptors (Lipinski definition) is 3. The van der Waals surface area contributed by atoms with Gasteiger partial charge in [0.1, 0.15) is 0 Å². The summed E-state index contributed by atoms with van der Waals surface area (Å²) in [6.07, 6.45) is 9.55. The first-order valence-electron chi connectivity index (χ1n) is 8.07. The Morgan fingerprint density at radius 3 is 3.00 bits per heavy atom. The minimum absolute atomic E-state index is 0.478. The molecule has 1 aliphatic rings. The van der Waals surface area contributed by atoms with E-state index in [2.05, 4.69) is 35.4 Å². The minimum Gasteiger partial charge on any atom is -0.309 e. The first-order valence-corrected chi connectivity index (χ1v) is 8.89. The number of aromatic amines is 1. The predicted octanol–water partition coefficient (Wildman–Crippen LogP) is 3.94. The molecule has 4 heteroatoms. The van der Waals surface area contributed by atoms with E-state index in [0.717, 1.165) is 19.4 Å². The Hall–Kier alpha value is -1.13. The number of fused-ring (bicyclic) bond motifs is 1. The van der Waals surface area contributed by atoms with Crippen LogP contribution < -0.4 is 5.32 Å². The Balaban J connectivity index is 1.47. The molecular formula is C17H25N3S. The molecule has 2 N–H and O–H groups in total. The van der Waals surface area contributed by atoms with Gasteiger partial charge in [0.25, 0.3) is 0 Å². The summed E-state index contributed by atoms with van der Waals surface area (Å²) < 4.78 is 0. The third kappa shape index (κ3) is 3.55. The first-order chi connectivity index (χ1) is 10.2. The second-order valence-electron chi connectivity index (χ2n) is 6.10. The SMILES string of the molecule is Cc1[nH]ncc1CCCNC(C)c1cc2c(s1)CCCC2. The molecule has 21 heavy (non-hydrogen) atoms. The number of nitrogens with zero attached hydrogens (tertiary/aromatic N) is 1. The molecule has 0 spiro atoms. The third-order valence-corrected chi connectivity index (χ3v) is 5.87. The van der Waals surface area contributed by atoms with Crippen molar-refractivity contribution in [1.29, 1.82) is 0 Å². The Kier molecular flexibility index (Phi) is 4.76. The molecule has 114 valence electrons. The smallest absolute Gasteiger partial charge is 0.0522 e. The Morgan fingerprint density at radius 1 is 1.38 bits per heavy atom. The lowest BCUT2D eigenvalue weighted by Gasteiger charge is -2.11. The van der Waals surface area contributed by atoms with Gasteiger partial charge in [-0.15, -0.1) is 11.3 Å². The van der Waals surface area contributed by atoms with Crippen molar-refractivity contribution < 1.29 is 0 Å². The number of thiophene rings is 1. The summed E-state index contributed by atoms with van der Waals surface area (Å²) in [5.41, 5.74) is 4.16. The first kappa shape index (κ1) is 14.8. The highest BCUT2D eigenvalue weighted by atomic mass is 32.1. The summed E-state index contributed by atoms with van der Waals surface area (Å²) >= 11 is 2.02. The number of hydrogen-bond donors (Lipinski definition) is 2. The molecular weight excluding hydrogens is 278 g/mol. The molecule has 2 aromatic rings. The Labute approximate surface area is 131 Å². The molecule has 2 heterocycles. The molecule has 0 saturated heterocycles. The van der Waals surface area contributed by atoms with Crippen LogP contribution in [0.2, 0.25) is 0 Å². The van der Waals surface area contributed by atoms with Crippen LogP contribution in [0.25, 0.3) is 0 Å². The Bertz CT molecular complexity index is 561. The van der Waals surface area contributed by atoms with E-state index in [9.17, 15) is 0 Å². The van der Waals surface area contributed by atoms with Gasteiger partial charge in [0.2, 0.25) is 0 Å². The number of aromatic nitrogens is 2. The van der Waals surface area contributed by atoms with E-state index in [1.54, 1.807) is 10.4 Å². The molecule has 0 aromatic carbocycles. The van der Waals surface area contributed by atoms with Crippen LogP contribution in [0, 0.1) is 6.92 Å². The van der Waals surface area contributed by atoms with Gasteiger partial charge in [0.05, 0.1) is 6.20 Å². The third-order valence-electron chi connectivity index (χ3n) is 4.45. The minimum atomic E-state index is 0.478. The van der Waals surface area contributed by atoms with Crippen LogP contribution in [0.15, 0.2) is 12.3 Å². The number of nitrogens with one attached hydrogen (secondary N) is 2. The molecule has 0 amide bonds. The van der Waals surface area contributed by atoms with E-state index < -0.39 is 0 Å². The lowest BCUT2D eigenvalue weighted by Crippen LogP contribution is -2.19. The number of H-pyrrole nitrogens is 1. The summed E-state index contributed by atoms with van der Waals surface area (Å²) in [6.45, 7) is 5.45. The van der Waals surface area contributed by atoms with Crippen LogP contribution in [-0.2, 0) is 19.3 Å². The summed E-state index contributed by atoms with van der Waals surface area (Å²) in [5.74, 6) is 0. The van der Waals surface area contributed by atoms with Crippen LogP contribution in [0.4, 0.5) is 0 Å². The molecule has 2 aromatic heterocycles. The van der Waals surface area contributed by atoms with Gasteiger partial charge >= 0.3 is 0 Å². The summed E-state index contributed by atoms with van der Waals surface area (Å²) in [6, 6.07) is 2.92. The quantitative estimate of drug-likeness (QED) is 0.794. The summed E-state index contributed by atoms with van der Waals surface area (Å²) in [4.78, 5) is 3.15. The van der Waals surface area contributed by atoms with Crippen LogP contribution in [-0.4, -0.2) is 16.7 Å². The van der Waals surface area contributed by atoms with Gasteiger partial charge in [0.15, 0.2) is 0 Å². The fourth-order valence-electron chi connectivity index (χ4n) is 3.05. The average Bonchev–Trinajstić information content (AvgIpc) is 3.09. The van der Waals surface area contributed by atoms with Crippen molar-refractivity contribution in [2.75, 3.05) is 6.54 Å². The maximum atomic E-state index is 4.08. The van der Waals surface area contributed by atoms with Crippen molar-refractivity contribution in [2.45, 2.75) is 58.4 Å². The molecule has 0 saturated carbocycles. The van der Waals surface area contributed by atoms with Crippen molar-refractivity contribution in [3.05, 3.63) is 38.8 Å². The molecule has 0 bridgehead atoms. The van der Waals surface area contributed by atoms with Crippen LogP contribution in [0.3, 0.4) is 0 Å². The van der Waals surface area contributed by atoms with Crippen molar-refractivity contribution in [3.8, 4) is 0 Å². The van der Waals surface area contributed by atoms with Gasteiger partial charge in [0, 0.05) is 21.5 Å². The zero-order valence-corrected chi connectivity index (χ0v) is 13.9. The molecule has 0 radical (unpaired) electrons. The highest BCUT2D eigenvalue weighted by molar-refractivity contribution is 7.12. The van der Waals surface area contributed by atoms with Gasteiger partial charge in [-0.2, -0.15) is 5.10 Å². The normalized spacial score (nSPS) is 15.9. The standard InChI is InChI=1S/C17H25N3S/c1-12-15(11-19-20-12)7-5-9-18-13(2)17-10-14-6-3-4-8-16(14)21-17/h10-11,13,18H,3-9H2,1-2H3,(H,19,20). The van der Waals surface area contributed by atoms with Crippen LogP contribution in [0.1, 0.15) is 58.8 Å². The molecule has 0 fully saturated rings. The lowest BCUT2D eigenvalue weighted by atomic mass is 9.99. The highest BCUT2D eigenvalue weighted by Gasteiger charge is 2.16. The van der Waals surface area contributed by atoms with Gasteiger partial charge in [-0.05, 0) is 76.1 Å². The molecule has 1 atom stereocenters. The van der Waals surface area contributed by atoms with E-state index in [1.807, 2.05) is 17.5 Å². The predicted molar refractivity (Wildman–Crippen MR) is 89.0 cm³/mol. The molecule has 3 rings (SSSR count). The monoisotopic (exact) mass is 303 g/mol. The van der Waals surface area contributed by atoms with Crippen molar-refractivity contribution in [1.82, 2.24) is 15.5 Å². The molecule has 3 nitrogen and oxygen atoms in total. The number of rotatable bonds is 6. The maximum absolute atomic E-state index is 4.08. The van der Waals surface area contributed by atoms with Gasteiger partial charge in [-0.1, -0.05) is 0 Å².